The number of benzene rings is 3. The molecule has 1 aliphatic heterocycles. The van der Waals surface area contributed by atoms with Crippen molar-refractivity contribution in [1.82, 2.24) is 5.32 Å². The fourth-order valence-electron chi connectivity index (χ4n) is 3.98. The van der Waals surface area contributed by atoms with Gasteiger partial charge in [0, 0.05) is 17.1 Å². The quantitative estimate of drug-likeness (QED) is 0.515. The van der Waals surface area contributed by atoms with E-state index in [4.69, 9.17) is 21.1 Å². The smallest absolute Gasteiger partial charge is 0.131 e. The molecule has 162 valence electrons. The van der Waals surface area contributed by atoms with Gasteiger partial charge in [-0.2, -0.15) is 0 Å². The lowest BCUT2D eigenvalue weighted by molar-refractivity contribution is -0.177. The molecule has 2 atom stereocenters. The van der Waals surface area contributed by atoms with Gasteiger partial charge in [-0.15, -0.1) is 0 Å². The minimum Gasteiger partial charge on any atom is -0.369 e. The third-order valence-corrected chi connectivity index (χ3v) is 5.94. The van der Waals surface area contributed by atoms with Crippen LogP contribution in [-0.2, 0) is 28.3 Å². The van der Waals surface area contributed by atoms with Crippen molar-refractivity contribution in [2.75, 3.05) is 13.1 Å². The van der Waals surface area contributed by atoms with Crippen LogP contribution in [0, 0.1) is 11.6 Å². The fourth-order valence-corrected chi connectivity index (χ4v) is 4.11. The second-order valence-corrected chi connectivity index (χ2v) is 8.06. The molecule has 1 aliphatic rings. The van der Waals surface area contributed by atoms with E-state index in [1.807, 2.05) is 42.5 Å². The maximum absolute atomic E-state index is 14.3. The first-order valence-electron chi connectivity index (χ1n) is 10.3. The van der Waals surface area contributed by atoms with Crippen LogP contribution < -0.4 is 5.32 Å². The highest BCUT2D eigenvalue weighted by molar-refractivity contribution is 6.30. The van der Waals surface area contributed by atoms with E-state index in [-0.39, 0.29) is 18.3 Å². The monoisotopic (exact) mass is 443 g/mol. The number of nitrogens with one attached hydrogen (secondary N) is 1. The molecular formula is C25H24ClF2NO2. The second-order valence-electron chi connectivity index (χ2n) is 7.62. The summed E-state index contributed by atoms with van der Waals surface area (Å²) in [6.07, 6.45) is 0.224. The Hall–Kier alpha value is -2.31. The highest BCUT2D eigenvalue weighted by Gasteiger charge is 2.44. The standard InChI is InChI=1S/C25H24ClF2NO2/c26-20-11-9-19(10-12-20)25(31-17-21-22(27)7-4-8-23(21)28)13-14-29-15-24(25)30-16-18-5-2-1-3-6-18/h1-12,24,29H,13-17H2. The van der Waals surface area contributed by atoms with Crippen molar-refractivity contribution in [3.05, 3.63) is 106 Å². The molecular weight excluding hydrogens is 420 g/mol. The molecule has 1 N–H and O–H groups in total. The summed E-state index contributed by atoms with van der Waals surface area (Å²) in [5.41, 5.74) is 0.946. The highest BCUT2D eigenvalue weighted by atomic mass is 35.5. The van der Waals surface area contributed by atoms with Crippen LogP contribution in [0.5, 0.6) is 0 Å². The molecule has 1 fully saturated rings. The fraction of sp³-hybridized carbons (Fsp3) is 0.280. The molecule has 0 aromatic heterocycles. The Morgan fingerprint density at radius 3 is 2.32 bits per heavy atom. The van der Waals surface area contributed by atoms with Crippen LogP contribution in [-0.4, -0.2) is 19.2 Å². The Morgan fingerprint density at radius 1 is 0.903 bits per heavy atom. The molecule has 3 aromatic rings. The molecule has 3 aromatic carbocycles. The van der Waals surface area contributed by atoms with Crippen molar-refractivity contribution in [3.8, 4) is 0 Å². The normalized spacial score (nSPS) is 21.2. The van der Waals surface area contributed by atoms with Crippen LogP contribution in [0.25, 0.3) is 0 Å². The maximum Gasteiger partial charge on any atom is 0.131 e. The lowest BCUT2D eigenvalue weighted by Crippen LogP contribution is -2.54. The van der Waals surface area contributed by atoms with Gasteiger partial charge in [-0.1, -0.05) is 60.1 Å². The molecule has 3 nitrogen and oxygen atoms in total. The van der Waals surface area contributed by atoms with Crippen LogP contribution in [0.1, 0.15) is 23.1 Å². The first-order valence-corrected chi connectivity index (χ1v) is 10.7. The van der Waals surface area contributed by atoms with Crippen LogP contribution in [0.15, 0.2) is 72.8 Å². The van der Waals surface area contributed by atoms with Crippen LogP contribution in [0.3, 0.4) is 0 Å². The number of rotatable bonds is 7. The Morgan fingerprint density at radius 2 is 1.61 bits per heavy atom. The van der Waals surface area contributed by atoms with Gasteiger partial charge in [0.2, 0.25) is 0 Å². The van der Waals surface area contributed by atoms with Gasteiger partial charge in [-0.05, 0) is 48.4 Å². The van der Waals surface area contributed by atoms with Gasteiger partial charge < -0.3 is 14.8 Å². The number of ether oxygens (including phenoxy) is 2. The zero-order valence-electron chi connectivity index (χ0n) is 17.0. The zero-order valence-corrected chi connectivity index (χ0v) is 17.7. The molecule has 0 spiro atoms. The summed E-state index contributed by atoms with van der Waals surface area (Å²) in [6.45, 7) is 1.44. The minimum atomic E-state index is -0.876. The molecule has 0 amide bonds. The van der Waals surface area contributed by atoms with Crippen molar-refractivity contribution in [3.63, 3.8) is 0 Å². The third kappa shape index (κ3) is 4.96. The van der Waals surface area contributed by atoms with E-state index in [1.165, 1.54) is 18.2 Å². The van der Waals surface area contributed by atoms with E-state index in [9.17, 15) is 8.78 Å². The minimum absolute atomic E-state index is 0.0869. The Kier molecular flexibility index (Phi) is 6.98. The average molecular weight is 444 g/mol. The highest BCUT2D eigenvalue weighted by Crippen LogP contribution is 2.39. The third-order valence-electron chi connectivity index (χ3n) is 5.69. The van der Waals surface area contributed by atoms with Crippen molar-refractivity contribution < 1.29 is 18.3 Å². The van der Waals surface area contributed by atoms with Crippen molar-refractivity contribution in [2.24, 2.45) is 0 Å². The van der Waals surface area contributed by atoms with E-state index in [0.717, 1.165) is 11.1 Å². The maximum atomic E-state index is 14.3. The summed E-state index contributed by atoms with van der Waals surface area (Å²) in [6, 6.07) is 21.1. The Labute approximate surface area is 186 Å². The number of halogens is 3. The molecule has 1 saturated heterocycles. The van der Waals surface area contributed by atoms with E-state index < -0.39 is 17.2 Å². The van der Waals surface area contributed by atoms with Gasteiger partial charge >= 0.3 is 0 Å². The van der Waals surface area contributed by atoms with Crippen molar-refractivity contribution in [2.45, 2.75) is 31.3 Å². The van der Waals surface area contributed by atoms with Crippen LogP contribution in [0.4, 0.5) is 8.78 Å². The zero-order chi connectivity index (χ0) is 21.7. The molecule has 1 heterocycles. The topological polar surface area (TPSA) is 30.5 Å². The van der Waals surface area contributed by atoms with Gasteiger partial charge in [-0.3, -0.25) is 0 Å². The molecule has 0 aliphatic carbocycles. The molecule has 2 unspecified atom stereocenters. The molecule has 6 heteroatoms. The van der Waals surface area contributed by atoms with Gasteiger partial charge in [0.25, 0.3) is 0 Å². The average Bonchev–Trinajstić information content (AvgIpc) is 2.79. The Bertz CT molecular complexity index is 980. The molecule has 0 saturated carbocycles. The van der Waals surface area contributed by atoms with E-state index in [1.54, 1.807) is 12.1 Å². The van der Waals surface area contributed by atoms with Crippen molar-refractivity contribution >= 4 is 11.6 Å². The van der Waals surface area contributed by atoms with Gasteiger partial charge in [-0.25, -0.2) is 8.78 Å². The summed E-state index contributed by atoms with van der Waals surface area (Å²) in [4.78, 5) is 0. The summed E-state index contributed by atoms with van der Waals surface area (Å²) in [7, 11) is 0. The molecule has 31 heavy (non-hydrogen) atoms. The van der Waals surface area contributed by atoms with Gasteiger partial charge in [0.1, 0.15) is 23.3 Å². The number of hydrogen-bond donors (Lipinski definition) is 1. The predicted octanol–water partition coefficient (Wildman–Crippen LogP) is 5.61. The van der Waals surface area contributed by atoms with E-state index in [2.05, 4.69) is 5.32 Å². The largest absolute Gasteiger partial charge is 0.369 e. The first-order chi connectivity index (χ1) is 15.1. The second kappa shape index (κ2) is 9.88. The number of hydrogen-bond acceptors (Lipinski definition) is 3. The first kappa shape index (κ1) is 21.9. The van der Waals surface area contributed by atoms with Crippen LogP contribution >= 0.6 is 11.6 Å². The summed E-state index contributed by atoms with van der Waals surface area (Å²) in [5.74, 6) is -1.25. The number of piperidine rings is 1. The lowest BCUT2D eigenvalue weighted by Gasteiger charge is -2.44. The summed E-state index contributed by atoms with van der Waals surface area (Å²) >= 11 is 6.10. The predicted molar refractivity (Wildman–Crippen MR) is 117 cm³/mol. The van der Waals surface area contributed by atoms with Gasteiger partial charge in [0.05, 0.1) is 13.2 Å². The van der Waals surface area contributed by atoms with Gasteiger partial charge in [0.15, 0.2) is 0 Å². The molecule has 0 bridgehead atoms. The van der Waals surface area contributed by atoms with Crippen molar-refractivity contribution in [1.29, 1.82) is 0 Å². The van der Waals surface area contributed by atoms with Crippen LogP contribution in [0.2, 0.25) is 5.02 Å². The summed E-state index contributed by atoms with van der Waals surface area (Å²) in [5, 5.41) is 3.95. The lowest BCUT2D eigenvalue weighted by atomic mass is 9.82. The summed E-state index contributed by atoms with van der Waals surface area (Å²) < 4.78 is 41.2. The Balaban J connectivity index is 1.65. The molecule has 4 rings (SSSR count). The molecule has 0 radical (unpaired) electrons. The van der Waals surface area contributed by atoms with E-state index >= 15 is 0 Å². The SMILES string of the molecule is Fc1cccc(F)c1COC1(c2ccc(Cl)cc2)CCNCC1OCc1ccccc1. The van der Waals surface area contributed by atoms with E-state index in [0.29, 0.717) is 31.1 Å².